The van der Waals surface area contributed by atoms with Crippen LogP contribution in [0.1, 0.15) is 25.0 Å². The molecule has 3 aromatic carbocycles. The molecule has 28 heavy (non-hydrogen) atoms. The molecule has 0 saturated carbocycles. The van der Waals surface area contributed by atoms with Gasteiger partial charge in [-0.1, -0.05) is 62.4 Å². The monoisotopic (exact) mass is 357 g/mol. The smallest absolute Gasteiger partial charge is 0.0621 e. The van der Waals surface area contributed by atoms with E-state index in [-0.39, 0.29) is 5.41 Å². The predicted octanol–water partition coefficient (Wildman–Crippen LogP) is 7.02. The van der Waals surface area contributed by atoms with E-state index in [1.54, 1.807) is 0 Å². The number of rotatable bonds is 1. The molecule has 0 unspecified atom stereocenters. The first-order valence-electron chi connectivity index (χ1n) is 9.97. The highest BCUT2D eigenvalue weighted by Crippen LogP contribution is 2.57. The molecule has 132 valence electrons. The Morgan fingerprint density at radius 2 is 1.29 bits per heavy atom. The zero-order chi connectivity index (χ0) is 18.6. The average Bonchev–Trinajstić information content (AvgIpc) is 3.35. The number of hydrogen-bond donors (Lipinski definition) is 0. The highest BCUT2D eigenvalue weighted by atomic mass is 15.0. The Morgan fingerprint density at radius 3 is 2.00 bits per heavy atom. The van der Waals surface area contributed by atoms with Crippen molar-refractivity contribution >= 4 is 11.0 Å². The molecule has 0 aliphatic heterocycles. The normalized spacial score (nSPS) is 15.1. The molecule has 0 spiro atoms. The van der Waals surface area contributed by atoms with E-state index in [1.165, 1.54) is 61.2 Å². The van der Waals surface area contributed by atoms with Crippen molar-refractivity contribution in [3.05, 3.63) is 90.0 Å². The molecule has 6 bridgehead atoms. The van der Waals surface area contributed by atoms with E-state index in [2.05, 4.69) is 97.3 Å². The standard InChI is InChI=1S/C27H19N/c1-27(2)23-6-4-3-5-20(23)22-15-21-16-7-9-17(10-8-16)24(25(22)27)26(21)28-18-11-12-19(28)14-13-18/h3-15H,1-2H3. The lowest BCUT2D eigenvalue weighted by Gasteiger charge is -2.27. The van der Waals surface area contributed by atoms with Gasteiger partial charge in [0.05, 0.1) is 5.69 Å². The Kier molecular flexibility index (Phi) is 2.39. The molecule has 2 aromatic heterocycles. The van der Waals surface area contributed by atoms with Gasteiger partial charge >= 0.3 is 0 Å². The van der Waals surface area contributed by atoms with Crippen LogP contribution in [-0.2, 0) is 5.41 Å². The summed E-state index contributed by atoms with van der Waals surface area (Å²) in [7, 11) is 0. The van der Waals surface area contributed by atoms with Gasteiger partial charge in [0.25, 0.3) is 0 Å². The molecular weight excluding hydrogens is 338 g/mol. The van der Waals surface area contributed by atoms with E-state index in [1.807, 2.05) is 0 Å². The lowest BCUT2D eigenvalue weighted by Crippen LogP contribution is -2.17. The molecular formula is C27H19N. The Hall–Kier alpha value is -3.32. The van der Waals surface area contributed by atoms with Crippen LogP contribution in [0.15, 0.2) is 78.9 Å². The molecule has 0 atom stereocenters. The van der Waals surface area contributed by atoms with E-state index < -0.39 is 0 Å². The van der Waals surface area contributed by atoms with Crippen molar-refractivity contribution in [3.63, 3.8) is 0 Å². The second kappa shape index (κ2) is 4.56. The number of aromatic nitrogens is 1. The van der Waals surface area contributed by atoms with Crippen LogP contribution in [0, 0.1) is 0 Å². The SMILES string of the molecule is CC1(C)c2ccccc2-c2cc3c(-n4c5ccc4cc5)c(c21)-c1ccc-3cc1. The van der Waals surface area contributed by atoms with Gasteiger partial charge in [0, 0.05) is 27.6 Å². The largest absolute Gasteiger partial charge is 0.309 e. The maximum atomic E-state index is 2.45. The minimum atomic E-state index is -0.0225. The fourth-order valence-electron chi connectivity index (χ4n) is 5.64. The maximum Gasteiger partial charge on any atom is 0.0621 e. The van der Waals surface area contributed by atoms with Crippen LogP contribution in [0.4, 0.5) is 0 Å². The van der Waals surface area contributed by atoms with Crippen LogP contribution < -0.4 is 0 Å². The molecule has 0 N–H and O–H groups in total. The van der Waals surface area contributed by atoms with Gasteiger partial charge in [-0.25, -0.2) is 0 Å². The molecule has 8 rings (SSSR count). The van der Waals surface area contributed by atoms with E-state index in [4.69, 9.17) is 0 Å². The van der Waals surface area contributed by atoms with Gasteiger partial charge in [-0.2, -0.15) is 0 Å². The second-order valence-corrected chi connectivity index (χ2v) is 8.67. The summed E-state index contributed by atoms with van der Waals surface area (Å²) in [6, 6.07) is 29.5. The van der Waals surface area contributed by atoms with Crippen LogP contribution in [0.2, 0.25) is 0 Å². The predicted molar refractivity (Wildman–Crippen MR) is 116 cm³/mol. The molecule has 1 heteroatoms. The number of hydrogen-bond acceptors (Lipinski definition) is 0. The molecule has 0 amide bonds. The van der Waals surface area contributed by atoms with Gasteiger partial charge in [-0.3, -0.25) is 0 Å². The summed E-state index contributed by atoms with van der Waals surface area (Å²) in [4.78, 5) is 0. The van der Waals surface area contributed by atoms with Crippen molar-refractivity contribution in [2.24, 2.45) is 0 Å². The summed E-state index contributed by atoms with van der Waals surface area (Å²) in [5.74, 6) is 0. The third-order valence-electron chi connectivity index (χ3n) is 6.89. The topological polar surface area (TPSA) is 4.93 Å². The van der Waals surface area contributed by atoms with Crippen LogP contribution in [-0.4, -0.2) is 4.57 Å². The summed E-state index contributed by atoms with van der Waals surface area (Å²) in [5.41, 5.74) is 14.9. The summed E-state index contributed by atoms with van der Waals surface area (Å²) in [6.45, 7) is 4.76. The van der Waals surface area contributed by atoms with Crippen molar-refractivity contribution < 1.29 is 0 Å². The zero-order valence-electron chi connectivity index (χ0n) is 16.0. The molecule has 0 saturated heterocycles. The molecule has 5 aromatic rings. The minimum absolute atomic E-state index is 0.0225. The van der Waals surface area contributed by atoms with E-state index in [0.717, 1.165) is 0 Å². The van der Waals surface area contributed by atoms with Gasteiger partial charge in [0.15, 0.2) is 0 Å². The lowest BCUT2D eigenvalue weighted by atomic mass is 9.78. The summed E-state index contributed by atoms with van der Waals surface area (Å²) in [5, 5.41) is 0. The summed E-state index contributed by atoms with van der Waals surface area (Å²) in [6.07, 6.45) is 0. The van der Waals surface area contributed by atoms with E-state index >= 15 is 0 Å². The first kappa shape index (κ1) is 14.7. The van der Waals surface area contributed by atoms with Gasteiger partial charge in [-0.05, 0) is 63.7 Å². The third kappa shape index (κ3) is 1.52. The summed E-state index contributed by atoms with van der Waals surface area (Å²) < 4.78 is 2.45. The number of benzene rings is 4. The fourth-order valence-corrected chi connectivity index (χ4v) is 5.64. The third-order valence-corrected chi connectivity index (χ3v) is 6.89. The quantitative estimate of drug-likeness (QED) is 0.298. The maximum absolute atomic E-state index is 2.45. The first-order chi connectivity index (χ1) is 13.6. The number of nitrogens with zero attached hydrogens (tertiary/aromatic N) is 1. The van der Waals surface area contributed by atoms with Gasteiger partial charge in [-0.15, -0.1) is 0 Å². The Labute approximate surface area is 164 Å². The number of fused-ring (bicyclic) bond motifs is 7. The highest BCUT2D eigenvalue weighted by molar-refractivity contribution is 6.01. The van der Waals surface area contributed by atoms with Crippen molar-refractivity contribution in [1.82, 2.24) is 4.57 Å². The van der Waals surface area contributed by atoms with E-state index in [0.29, 0.717) is 0 Å². The van der Waals surface area contributed by atoms with E-state index in [9.17, 15) is 0 Å². The molecule has 3 aliphatic carbocycles. The molecule has 0 fully saturated rings. The fraction of sp³-hybridized carbons (Fsp3) is 0.111. The first-order valence-corrected chi connectivity index (χ1v) is 9.97. The Morgan fingerprint density at radius 1 is 0.643 bits per heavy atom. The second-order valence-electron chi connectivity index (χ2n) is 8.67. The van der Waals surface area contributed by atoms with Crippen molar-refractivity contribution in [2.75, 3.05) is 0 Å². The minimum Gasteiger partial charge on any atom is -0.309 e. The summed E-state index contributed by atoms with van der Waals surface area (Å²) >= 11 is 0. The molecule has 1 nitrogen and oxygen atoms in total. The molecule has 2 heterocycles. The van der Waals surface area contributed by atoms with Crippen LogP contribution in [0.3, 0.4) is 0 Å². The van der Waals surface area contributed by atoms with Gasteiger partial charge in [0.2, 0.25) is 0 Å². The average molecular weight is 357 g/mol. The van der Waals surface area contributed by atoms with Gasteiger partial charge in [0.1, 0.15) is 0 Å². The molecule has 3 aliphatic rings. The van der Waals surface area contributed by atoms with Crippen LogP contribution >= 0.6 is 0 Å². The highest BCUT2D eigenvalue weighted by Gasteiger charge is 2.40. The van der Waals surface area contributed by atoms with Crippen LogP contribution in [0.25, 0.3) is 50.1 Å². The van der Waals surface area contributed by atoms with Crippen molar-refractivity contribution in [3.8, 4) is 39.1 Å². The Bertz CT molecular complexity index is 1370. The van der Waals surface area contributed by atoms with Gasteiger partial charge < -0.3 is 4.57 Å². The Balaban J connectivity index is 1.72. The van der Waals surface area contributed by atoms with Crippen molar-refractivity contribution in [1.29, 1.82) is 0 Å². The lowest BCUT2D eigenvalue weighted by molar-refractivity contribution is 0.662. The van der Waals surface area contributed by atoms with Crippen molar-refractivity contribution in [2.45, 2.75) is 19.3 Å². The zero-order valence-corrected chi connectivity index (χ0v) is 16.0. The molecule has 0 radical (unpaired) electrons. The van der Waals surface area contributed by atoms with Crippen LogP contribution in [0.5, 0.6) is 0 Å².